The molecule has 0 aromatic rings. The van der Waals surface area contributed by atoms with Crippen molar-refractivity contribution in [2.75, 3.05) is 13.1 Å². The van der Waals surface area contributed by atoms with Gasteiger partial charge in [0.25, 0.3) is 0 Å². The van der Waals surface area contributed by atoms with Crippen molar-refractivity contribution in [1.29, 1.82) is 0 Å². The summed E-state index contributed by atoms with van der Waals surface area (Å²) in [6.45, 7) is -0.538. The first-order valence-corrected chi connectivity index (χ1v) is 2.35. The van der Waals surface area contributed by atoms with Gasteiger partial charge in [0, 0.05) is 29.6 Å². The summed E-state index contributed by atoms with van der Waals surface area (Å²) >= 11 is 0. The molecule has 5 nitrogen and oxygen atoms in total. The number of hydrogen-bond acceptors (Lipinski definition) is 3. The number of nitrogens with two attached hydrogens (primary N) is 1. The smallest absolute Gasteiger partial charge is 0.322 e. The Hall–Kier alpha value is -0.100. The zero-order valence-electron chi connectivity index (χ0n) is 5.76. The van der Waals surface area contributed by atoms with Gasteiger partial charge in [-0.15, -0.1) is 0 Å². The molecule has 0 fully saturated rings. The summed E-state index contributed by atoms with van der Waals surface area (Å²) < 4.78 is 0. The Labute approximate surface area is 80.3 Å². The maximum Gasteiger partial charge on any atom is 0.322 e. The van der Waals surface area contributed by atoms with Gasteiger partial charge in [-0.05, 0) is 0 Å². The van der Waals surface area contributed by atoms with E-state index in [4.69, 9.17) is 10.8 Å². The zero-order chi connectivity index (χ0) is 7.28. The Morgan fingerprint density at radius 3 is 2.30 bits per heavy atom. The summed E-state index contributed by atoms with van der Waals surface area (Å²) in [5.74, 6) is -1.53. The Morgan fingerprint density at radius 1 is 1.50 bits per heavy atom. The van der Waals surface area contributed by atoms with Crippen LogP contribution in [-0.4, -0.2) is 59.6 Å². The second-order valence-corrected chi connectivity index (χ2v) is 1.37. The first-order chi connectivity index (χ1) is 4.16. The van der Waals surface area contributed by atoms with Crippen LogP contribution in [-0.2, 0) is 9.59 Å². The topological polar surface area (TPSA) is 92.4 Å². The van der Waals surface area contributed by atoms with Crippen LogP contribution >= 0.6 is 0 Å². The molecule has 4 N–H and O–H groups in total. The molecule has 0 rings (SSSR count). The van der Waals surface area contributed by atoms with E-state index in [2.05, 4.69) is 5.32 Å². The third kappa shape index (κ3) is 7.90. The molecule has 0 atom stereocenters. The molecule has 0 unspecified atom stereocenters. The Bertz CT molecular complexity index is 128. The monoisotopic (exact) mass is 155 g/mol. The van der Waals surface area contributed by atoms with E-state index in [0.29, 0.717) is 0 Å². The molecule has 0 bridgehead atoms. The van der Waals surface area contributed by atoms with Gasteiger partial charge in [0.1, 0.15) is 6.54 Å². The minimum absolute atomic E-state index is 0. The molecule has 1 radical (unpaired) electrons. The maximum atomic E-state index is 10.2. The number of carbonyl (C=O) groups is 2. The summed E-state index contributed by atoms with van der Waals surface area (Å²) in [7, 11) is 0. The van der Waals surface area contributed by atoms with E-state index in [1.165, 1.54) is 0 Å². The number of carboxylic acids is 1. The van der Waals surface area contributed by atoms with Crippen molar-refractivity contribution < 1.29 is 14.7 Å². The van der Waals surface area contributed by atoms with Crippen LogP contribution in [0.2, 0.25) is 0 Å². The van der Waals surface area contributed by atoms with Crippen molar-refractivity contribution in [3.63, 3.8) is 0 Å². The average molecular weight is 155 g/mol. The van der Waals surface area contributed by atoms with Gasteiger partial charge in [-0.1, -0.05) is 0 Å². The molecular weight excluding hydrogens is 147 g/mol. The molecule has 0 saturated carbocycles. The minimum atomic E-state index is -1.07. The molecule has 0 saturated heterocycles. The van der Waals surface area contributed by atoms with Crippen molar-refractivity contribution in [2.24, 2.45) is 5.73 Å². The van der Waals surface area contributed by atoms with Crippen molar-refractivity contribution in [1.82, 2.24) is 5.32 Å². The zero-order valence-corrected chi connectivity index (χ0v) is 7.76. The number of amides is 1. The Kier molecular flexibility index (Phi) is 8.81. The van der Waals surface area contributed by atoms with Gasteiger partial charge in [-0.2, -0.15) is 0 Å². The second kappa shape index (κ2) is 7.01. The Morgan fingerprint density at radius 2 is 2.00 bits per heavy atom. The molecule has 0 aromatic carbocycles. The van der Waals surface area contributed by atoms with Crippen molar-refractivity contribution >= 4 is 41.4 Å². The molecule has 0 heterocycles. The quantitative estimate of drug-likeness (QED) is 0.402. The summed E-state index contributed by atoms with van der Waals surface area (Å²) in [6.07, 6.45) is 0. The van der Waals surface area contributed by atoms with Crippen LogP contribution in [0.4, 0.5) is 0 Å². The minimum Gasteiger partial charge on any atom is -0.480 e. The molecule has 10 heavy (non-hydrogen) atoms. The first-order valence-electron chi connectivity index (χ1n) is 2.35. The molecular formula is C4H8N2NaO3. The van der Waals surface area contributed by atoms with Crippen LogP contribution in [0.3, 0.4) is 0 Å². The second-order valence-electron chi connectivity index (χ2n) is 1.37. The number of hydrogen-bond donors (Lipinski definition) is 3. The summed E-state index contributed by atoms with van der Waals surface area (Å²) in [6, 6.07) is 0. The number of carboxylic acid groups (broad SMARTS) is 1. The molecule has 0 spiro atoms. The largest absolute Gasteiger partial charge is 0.480 e. The van der Waals surface area contributed by atoms with Gasteiger partial charge in [0.2, 0.25) is 5.91 Å². The van der Waals surface area contributed by atoms with Gasteiger partial charge in [-0.3, -0.25) is 9.59 Å². The number of aliphatic carboxylic acids is 1. The van der Waals surface area contributed by atoms with Crippen LogP contribution in [0.5, 0.6) is 0 Å². The van der Waals surface area contributed by atoms with E-state index < -0.39 is 11.9 Å². The van der Waals surface area contributed by atoms with Crippen molar-refractivity contribution in [3.05, 3.63) is 0 Å². The number of rotatable bonds is 3. The summed E-state index contributed by atoms with van der Waals surface area (Å²) in [5, 5.41) is 10.1. The molecule has 0 aliphatic heterocycles. The third-order valence-electron chi connectivity index (χ3n) is 0.622. The fraction of sp³-hybridized carbons (Fsp3) is 0.500. The molecule has 53 valence electrons. The van der Waals surface area contributed by atoms with Crippen LogP contribution in [0.25, 0.3) is 0 Å². The summed E-state index contributed by atoms with van der Waals surface area (Å²) in [4.78, 5) is 20.0. The molecule has 0 aromatic heterocycles. The van der Waals surface area contributed by atoms with Gasteiger partial charge in [-0.25, -0.2) is 0 Å². The molecule has 0 aliphatic carbocycles. The van der Waals surface area contributed by atoms with Crippen LogP contribution in [0.1, 0.15) is 0 Å². The van der Waals surface area contributed by atoms with Gasteiger partial charge in [0.05, 0.1) is 6.54 Å². The van der Waals surface area contributed by atoms with Crippen LogP contribution in [0.15, 0.2) is 0 Å². The van der Waals surface area contributed by atoms with E-state index in [9.17, 15) is 9.59 Å². The van der Waals surface area contributed by atoms with E-state index >= 15 is 0 Å². The molecule has 1 amide bonds. The van der Waals surface area contributed by atoms with Crippen molar-refractivity contribution in [3.8, 4) is 0 Å². The first kappa shape index (κ1) is 12.6. The predicted octanol–water partition coefficient (Wildman–Crippen LogP) is -2.23. The van der Waals surface area contributed by atoms with E-state index in [0.717, 1.165) is 0 Å². The molecule has 6 heteroatoms. The van der Waals surface area contributed by atoms with E-state index in [-0.39, 0.29) is 42.6 Å². The molecule has 0 aliphatic rings. The summed E-state index contributed by atoms with van der Waals surface area (Å²) in [5.41, 5.74) is 4.85. The standard InChI is InChI=1S/C4H8N2O3.Na/c5-1-3(7)6-2-4(8)9;/h1-2,5H2,(H,6,7)(H,8,9);. The fourth-order valence-electron chi connectivity index (χ4n) is 0.246. The predicted molar refractivity (Wildman–Crippen MR) is 35.5 cm³/mol. The fourth-order valence-corrected chi connectivity index (χ4v) is 0.246. The number of nitrogens with one attached hydrogen (secondary N) is 1. The van der Waals surface area contributed by atoms with E-state index in [1.807, 2.05) is 0 Å². The number of carbonyl (C=O) groups excluding carboxylic acids is 1. The third-order valence-corrected chi connectivity index (χ3v) is 0.622. The van der Waals surface area contributed by atoms with E-state index in [1.54, 1.807) is 0 Å². The maximum absolute atomic E-state index is 10.2. The average Bonchev–Trinajstić information content (AvgIpc) is 1.83. The normalized spacial score (nSPS) is 7.70. The van der Waals surface area contributed by atoms with Gasteiger partial charge >= 0.3 is 5.97 Å². The Balaban J connectivity index is 0. The van der Waals surface area contributed by atoms with Gasteiger partial charge in [0.15, 0.2) is 0 Å². The van der Waals surface area contributed by atoms with Crippen LogP contribution in [0, 0.1) is 0 Å². The van der Waals surface area contributed by atoms with Crippen LogP contribution < -0.4 is 11.1 Å². The van der Waals surface area contributed by atoms with Gasteiger partial charge < -0.3 is 16.2 Å². The SMILES string of the molecule is NCC(=O)NCC(=O)O.[Na]. The van der Waals surface area contributed by atoms with Crippen molar-refractivity contribution in [2.45, 2.75) is 0 Å².